The van der Waals surface area contributed by atoms with Gasteiger partial charge in [-0.25, -0.2) is 4.79 Å². The SMILES string of the molecule is CC(C)(C)OC(=O)[C@@H]1CC[C@H](O)CN1OC(=O)c1ccccc1. The number of nitrogens with zero attached hydrogens (tertiary/aromatic N) is 1. The van der Waals surface area contributed by atoms with Gasteiger partial charge in [-0.1, -0.05) is 18.2 Å². The van der Waals surface area contributed by atoms with Crippen LogP contribution in [0.25, 0.3) is 0 Å². The number of hydrogen-bond donors (Lipinski definition) is 1. The van der Waals surface area contributed by atoms with Crippen molar-refractivity contribution in [1.29, 1.82) is 0 Å². The van der Waals surface area contributed by atoms with E-state index < -0.39 is 29.7 Å². The van der Waals surface area contributed by atoms with Crippen molar-refractivity contribution in [2.75, 3.05) is 6.54 Å². The van der Waals surface area contributed by atoms with Gasteiger partial charge in [0.25, 0.3) is 0 Å². The van der Waals surface area contributed by atoms with Crippen molar-refractivity contribution in [3.8, 4) is 0 Å². The van der Waals surface area contributed by atoms with E-state index in [2.05, 4.69) is 0 Å². The molecule has 1 N–H and O–H groups in total. The highest BCUT2D eigenvalue weighted by atomic mass is 16.7. The van der Waals surface area contributed by atoms with E-state index in [9.17, 15) is 14.7 Å². The smallest absolute Gasteiger partial charge is 0.357 e. The molecule has 0 aromatic heterocycles. The van der Waals surface area contributed by atoms with Crippen molar-refractivity contribution in [2.24, 2.45) is 0 Å². The Bertz CT molecular complexity index is 552. The van der Waals surface area contributed by atoms with Crippen molar-refractivity contribution >= 4 is 11.9 Å². The molecular formula is C17H23NO5. The van der Waals surface area contributed by atoms with Crippen LogP contribution in [0.4, 0.5) is 0 Å². The van der Waals surface area contributed by atoms with E-state index in [4.69, 9.17) is 9.57 Å². The van der Waals surface area contributed by atoms with Gasteiger partial charge in [0, 0.05) is 0 Å². The Kier molecular flexibility index (Phi) is 5.38. The highest BCUT2D eigenvalue weighted by molar-refractivity contribution is 5.89. The third-order valence-corrected chi connectivity index (χ3v) is 3.40. The number of benzene rings is 1. The minimum absolute atomic E-state index is 0.0858. The van der Waals surface area contributed by atoms with E-state index >= 15 is 0 Å². The van der Waals surface area contributed by atoms with Crippen molar-refractivity contribution in [2.45, 2.75) is 51.4 Å². The molecule has 6 heteroatoms. The lowest BCUT2D eigenvalue weighted by atomic mass is 10.0. The van der Waals surface area contributed by atoms with Gasteiger partial charge in [-0.2, -0.15) is 0 Å². The van der Waals surface area contributed by atoms with Crippen LogP contribution in [0.15, 0.2) is 30.3 Å². The maximum atomic E-state index is 12.3. The number of esters is 1. The van der Waals surface area contributed by atoms with Gasteiger partial charge in [0.15, 0.2) is 0 Å². The normalized spacial score (nSPS) is 22.4. The molecule has 1 aromatic rings. The molecule has 126 valence electrons. The van der Waals surface area contributed by atoms with Gasteiger partial charge in [0.2, 0.25) is 0 Å². The van der Waals surface area contributed by atoms with Crippen LogP contribution in [0.3, 0.4) is 0 Å². The Morgan fingerprint density at radius 1 is 1.17 bits per heavy atom. The second kappa shape index (κ2) is 7.10. The number of ether oxygens (including phenoxy) is 1. The number of carbonyl (C=O) groups excluding carboxylic acids is 2. The van der Waals surface area contributed by atoms with Crippen LogP contribution in [-0.4, -0.2) is 46.4 Å². The van der Waals surface area contributed by atoms with Gasteiger partial charge in [0.1, 0.15) is 11.6 Å². The summed E-state index contributed by atoms with van der Waals surface area (Å²) in [6, 6.07) is 7.81. The van der Waals surface area contributed by atoms with Crippen LogP contribution in [0.5, 0.6) is 0 Å². The lowest BCUT2D eigenvalue weighted by molar-refractivity contribution is -0.200. The molecule has 2 rings (SSSR count). The molecule has 1 aromatic carbocycles. The van der Waals surface area contributed by atoms with E-state index in [0.717, 1.165) is 0 Å². The van der Waals surface area contributed by atoms with E-state index in [1.165, 1.54) is 5.06 Å². The van der Waals surface area contributed by atoms with E-state index in [-0.39, 0.29) is 6.54 Å². The molecule has 1 aliphatic rings. The fraction of sp³-hybridized carbons (Fsp3) is 0.529. The summed E-state index contributed by atoms with van der Waals surface area (Å²) in [6.07, 6.45) is 0.193. The number of rotatable bonds is 3. The van der Waals surface area contributed by atoms with Crippen LogP contribution >= 0.6 is 0 Å². The van der Waals surface area contributed by atoms with Crippen LogP contribution < -0.4 is 0 Å². The third-order valence-electron chi connectivity index (χ3n) is 3.40. The Hall–Kier alpha value is -1.92. The molecule has 1 aliphatic heterocycles. The predicted octanol–water partition coefficient (Wildman–Crippen LogP) is 1.93. The number of β-amino-alcohol motifs (C(OH)–C–C–N with tert-alkyl or cyclic N) is 1. The topological polar surface area (TPSA) is 76.1 Å². The van der Waals surface area contributed by atoms with Gasteiger partial charge in [-0.05, 0) is 45.7 Å². The zero-order valence-electron chi connectivity index (χ0n) is 13.7. The minimum atomic E-state index is -0.703. The van der Waals surface area contributed by atoms with E-state index in [1.54, 1.807) is 51.1 Å². The summed E-state index contributed by atoms with van der Waals surface area (Å²) in [5, 5.41) is 11.0. The molecule has 1 saturated heterocycles. The van der Waals surface area contributed by atoms with Crippen LogP contribution in [0.1, 0.15) is 44.0 Å². The van der Waals surface area contributed by atoms with Crippen molar-refractivity contribution in [3.63, 3.8) is 0 Å². The lowest BCUT2D eigenvalue weighted by Gasteiger charge is -2.35. The molecular weight excluding hydrogens is 298 g/mol. The average molecular weight is 321 g/mol. The summed E-state index contributed by atoms with van der Waals surface area (Å²) in [7, 11) is 0. The third kappa shape index (κ3) is 5.04. The van der Waals surface area contributed by atoms with Crippen molar-refractivity contribution < 1.29 is 24.3 Å². The van der Waals surface area contributed by atoms with E-state index in [0.29, 0.717) is 18.4 Å². The number of hydrogen-bond acceptors (Lipinski definition) is 6. The number of aliphatic hydroxyl groups excluding tert-OH is 1. The molecule has 0 unspecified atom stereocenters. The van der Waals surface area contributed by atoms with Crippen LogP contribution in [-0.2, 0) is 14.4 Å². The molecule has 23 heavy (non-hydrogen) atoms. The zero-order valence-corrected chi connectivity index (χ0v) is 13.7. The Morgan fingerprint density at radius 2 is 1.83 bits per heavy atom. The quantitative estimate of drug-likeness (QED) is 0.857. The first kappa shape index (κ1) is 17.4. The average Bonchev–Trinajstić information content (AvgIpc) is 2.46. The highest BCUT2D eigenvalue weighted by Gasteiger charge is 2.38. The van der Waals surface area contributed by atoms with Crippen LogP contribution in [0, 0.1) is 0 Å². The molecule has 0 saturated carbocycles. The fourth-order valence-corrected chi connectivity index (χ4v) is 2.36. The number of hydroxylamine groups is 2. The zero-order chi connectivity index (χ0) is 17.0. The molecule has 0 spiro atoms. The molecule has 1 fully saturated rings. The highest BCUT2D eigenvalue weighted by Crippen LogP contribution is 2.22. The van der Waals surface area contributed by atoms with Gasteiger partial charge in [0.05, 0.1) is 18.2 Å². The summed E-state index contributed by atoms with van der Waals surface area (Å²) in [6.45, 7) is 5.43. The first-order valence-corrected chi connectivity index (χ1v) is 7.71. The fourth-order valence-electron chi connectivity index (χ4n) is 2.36. The summed E-state index contributed by atoms with van der Waals surface area (Å²) in [5.74, 6) is -1.02. The summed E-state index contributed by atoms with van der Waals surface area (Å²) < 4.78 is 5.38. The van der Waals surface area contributed by atoms with Gasteiger partial charge in [-0.15, -0.1) is 5.06 Å². The number of piperidine rings is 1. The first-order valence-electron chi connectivity index (χ1n) is 7.71. The molecule has 6 nitrogen and oxygen atoms in total. The lowest BCUT2D eigenvalue weighted by Crippen LogP contribution is -2.51. The summed E-state index contributed by atoms with van der Waals surface area (Å²) >= 11 is 0. The number of aliphatic hydroxyl groups is 1. The standard InChI is InChI=1S/C17H23NO5/c1-17(2,3)22-16(21)14-10-9-13(19)11-18(14)23-15(20)12-7-5-4-6-8-12/h4-8,13-14,19H,9-11H2,1-3H3/t13-,14-/m0/s1. The largest absolute Gasteiger partial charge is 0.459 e. The molecule has 0 bridgehead atoms. The molecule has 2 atom stereocenters. The number of carbonyl (C=O) groups is 2. The molecule has 0 radical (unpaired) electrons. The first-order chi connectivity index (χ1) is 10.8. The molecule has 0 amide bonds. The van der Waals surface area contributed by atoms with Crippen LogP contribution in [0.2, 0.25) is 0 Å². The monoisotopic (exact) mass is 321 g/mol. The maximum Gasteiger partial charge on any atom is 0.357 e. The van der Waals surface area contributed by atoms with Gasteiger partial charge < -0.3 is 14.7 Å². The summed E-state index contributed by atoms with van der Waals surface area (Å²) in [5.41, 5.74) is -0.238. The van der Waals surface area contributed by atoms with Crippen molar-refractivity contribution in [1.82, 2.24) is 5.06 Å². The second-order valence-corrected chi connectivity index (χ2v) is 6.62. The van der Waals surface area contributed by atoms with E-state index in [1.807, 2.05) is 0 Å². The second-order valence-electron chi connectivity index (χ2n) is 6.62. The Balaban J connectivity index is 2.08. The predicted molar refractivity (Wildman–Crippen MR) is 83.4 cm³/mol. The van der Waals surface area contributed by atoms with Gasteiger partial charge in [-0.3, -0.25) is 4.79 Å². The Morgan fingerprint density at radius 3 is 2.43 bits per heavy atom. The van der Waals surface area contributed by atoms with Gasteiger partial charge >= 0.3 is 11.9 Å². The molecule has 1 heterocycles. The Labute approximate surface area is 135 Å². The minimum Gasteiger partial charge on any atom is -0.459 e. The molecule has 0 aliphatic carbocycles. The van der Waals surface area contributed by atoms with Crippen molar-refractivity contribution in [3.05, 3.63) is 35.9 Å². The maximum absolute atomic E-state index is 12.3. The summed E-state index contributed by atoms with van der Waals surface area (Å²) in [4.78, 5) is 29.8.